The van der Waals surface area contributed by atoms with Crippen LogP contribution in [0.5, 0.6) is 0 Å². The summed E-state index contributed by atoms with van der Waals surface area (Å²) in [7, 11) is 0. The van der Waals surface area contributed by atoms with Gasteiger partial charge in [0.1, 0.15) is 0 Å². The van der Waals surface area contributed by atoms with Crippen molar-refractivity contribution in [2.24, 2.45) is 5.92 Å². The Morgan fingerprint density at radius 2 is 1.95 bits per heavy atom. The summed E-state index contributed by atoms with van der Waals surface area (Å²) in [6, 6.07) is 5.75. The molecule has 2 nitrogen and oxygen atoms in total. The van der Waals surface area contributed by atoms with Crippen molar-refractivity contribution in [3.63, 3.8) is 0 Å². The largest absolute Gasteiger partial charge is 0.381 e. The SMILES string of the molecule is CC(C)COCCCNC(C)c1cc(Cl)ccc1Cl. The van der Waals surface area contributed by atoms with Gasteiger partial charge in [0.15, 0.2) is 0 Å². The highest BCUT2D eigenvalue weighted by atomic mass is 35.5. The van der Waals surface area contributed by atoms with E-state index in [1.165, 1.54) is 0 Å². The molecular weight excluding hydrogens is 281 g/mol. The smallest absolute Gasteiger partial charge is 0.0489 e. The average Bonchev–Trinajstić information content (AvgIpc) is 2.36. The molecule has 1 N–H and O–H groups in total. The van der Waals surface area contributed by atoms with Crippen LogP contribution in [0.1, 0.15) is 38.8 Å². The van der Waals surface area contributed by atoms with Gasteiger partial charge in [-0.2, -0.15) is 0 Å². The van der Waals surface area contributed by atoms with E-state index in [1.54, 1.807) is 6.07 Å². The van der Waals surface area contributed by atoms with E-state index in [0.29, 0.717) is 10.9 Å². The van der Waals surface area contributed by atoms with Crippen LogP contribution in [0.3, 0.4) is 0 Å². The minimum Gasteiger partial charge on any atom is -0.381 e. The first-order valence-electron chi connectivity index (χ1n) is 6.76. The van der Waals surface area contributed by atoms with Crippen molar-refractivity contribution in [1.82, 2.24) is 5.32 Å². The maximum atomic E-state index is 6.17. The molecular formula is C15H23Cl2NO. The van der Waals surface area contributed by atoms with Crippen LogP contribution < -0.4 is 5.32 Å². The van der Waals surface area contributed by atoms with Crippen LogP contribution in [-0.2, 0) is 4.74 Å². The number of hydrogen-bond donors (Lipinski definition) is 1. The van der Waals surface area contributed by atoms with Crippen LogP contribution in [0.15, 0.2) is 18.2 Å². The summed E-state index contributed by atoms with van der Waals surface area (Å²) in [5.74, 6) is 0.595. The predicted octanol–water partition coefficient (Wildman–Crippen LogP) is 4.71. The number of halogens is 2. The average molecular weight is 304 g/mol. The fourth-order valence-corrected chi connectivity index (χ4v) is 2.23. The molecule has 4 heteroatoms. The van der Waals surface area contributed by atoms with Gasteiger partial charge < -0.3 is 10.1 Å². The second-order valence-corrected chi connectivity index (χ2v) is 6.01. The highest BCUT2D eigenvalue weighted by Gasteiger charge is 2.09. The first-order chi connectivity index (χ1) is 9.00. The zero-order chi connectivity index (χ0) is 14.3. The molecule has 19 heavy (non-hydrogen) atoms. The normalized spacial score (nSPS) is 12.9. The molecule has 0 aliphatic carbocycles. The van der Waals surface area contributed by atoms with Crippen molar-refractivity contribution in [2.75, 3.05) is 19.8 Å². The molecule has 0 amide bonds. The Balaban J connectivity index is 2.27. The second-order valence-electron chi connectivity index (χ2n) is 5.16. The maximum Gasteiger partial charge on any atom is 0.0489 e. The molecule has 0 fully saturated rings. The van der Waals surface area contributed by atoms with Gasteiger partial charge in [0.25, 0.3) is 0 Å². The van der Waals surface area contributed by atoms with Crippen LogP contribution in [0.4, 0.5) is 0 Å². The fraction of sp³-hybridized carbons (Fsp3) is 0.600. The van der Waals surface area contributed by atoms with Crippen molar-refractivity contribution >= 4 is 23.2 Å². The molecule has 0 spiro atoms. The van der Waals surface area contributed by atoms with E-state index in [1.807, 2.05) is 12.1 Å². The molecule has 0 saturated heterocycles. The summed E-state index contributed by atoms with van der Waals surface area (Å²) in [6.07, 6.45) is 0.995. The summed E-state index contributed by atoms with van der Waals surface area (Å²) in [5.41, 5.74) is 1.04. The molecule has 0 aromatic heterocycles. The predicted molar refractivity (Wildman–Crippen MR) is 83.2 cm³/mol. The summed E-state index contributed by atoms with van der Waals surface area (Å²) >= 11 is 12.2. The van der Waals surface area contributed by atoms with E-state index < -0.39 is 0 Å². The Bertz CT molecular complexity index is 382. The van der Waals surface area contributed by atoms with Gasteiger partial charge in [0.05, 0.1) is 0 Å². The number of hydrogen-bond acceptors (Lipinski definition) is 2. The summed E-state index contributed by atoms with van der Waals surface area (Å²) < 4.78 is 5.54. The van der Waals surface area contributed by atoms with Crippen molar-refractivity contribution in [3.05, 3.63) is 33.8 Å². The van der Waals surface area contributed by atoms with Gasteiger partial charge in [0, 0.05) is 29.3 Å². The van der Waals surface area contributed by atoms with Crippen LogP contribution in [0.2, 0.25) is 10.0 Å². The van der Waals surface area contributed by atoms with E-state index in [-0.39, 0.29) is 6.04 Å². The third-order valence-corrected chi connectivity index (χ3v) is 3.37. The van der Waals surface area contributed by atoms with E-state index in [2.05, 4.69) is 26.1 Å². The monoisotopic (exact) mass is 303 g/mol. The first-order valence-corrected chi connectivity index (χ1v) is 7.52. The van der Waals surface area contributed by atoms with Crippen LogP contribution >= 0.6 is 23.2 Å². The van der Waals surface area contributed by atoms with Crippen LogP contribution in [0, 0.1) is 5.92 Å². The molecule has 0 aliphatic rings. The fourth-order valence-electron chi connectivity index (χ4n) is 1.77. The molecule has 1 atom stereocenters. The molecule has 1 unspecified atom stereocenters. The second kappa shape index (κ2) is 8.80. The number of nitrogens with one attached hydrogen (secondary N) is 1. The summed E-state index contributed by atoms with van der Waals surface area (Å²) in [5, 5.41) is 4.90. The highest BCUT2D eigenvalue weighted by molar-refractivity contribution is 6.33. The molecule has 108 valence electrons. The summed E-state index contributed by atoms with van der Waals surface area (Å²) in [4.78, 5) is 0. The molecule has 1 rings (SSSR count). The van der Waals surface area contributed by atoms with Crippen molar-refractivity contribution in [1.29, 1.82) is 0 Å². The van der Waals surface area contributed by atoms with Crippen LogP contribution in [0.25, 0.3) is 0 Å². The number of rotatable bonds is 8. The van der Waals surface area contributed by atoms with Gasteiger partial charge in [-0.25, -0.2) is 0 Å². The van der Waals surface area contributed by atoms with Crippen molar-refractivity contribution < 1.29 is 4.74 Å². The van der Waals surface area contributed by atoms with Crippen molar-refractivity contribution in [2.45, 2.75) is 33.2 Å². The zero-order valence-electron chi connectivity index (χ0n) is 11.9. The third-order valence-electron chi connectivity index (χ3n) is 2.79. The zero-order valence-corrected chi connectivity index (χ0v) is 13.4. The number of benzene rings is 1. The molecule has 0 saturated carbocycles. The van der Waals surface area contributed by atoms with Gasteiger partial charge in [-0.05, 0) is 49.6 Å². The lowest BCUT2D eigenvalue weighted by atomic mass is 10.1. The van der Waals surface area contributed by atoms with E-state index in [0.717, 1.165) is 36.8 Å². The van der Waals surface area contributed by atoms with Gasteiger partial charge in [-0.15, -0.1) is 0 Å². The van der Waals surface area contributed by atoms with Gasteiger partial charge in [0.2, 0.25) is 0 Å². The minimum atomic E-state index is 0.191. The standard InChI is InChI=1S/C15H23Cl2NO/c1-11(2)10-19-8-4-7-18-12(3)14-9-13(16)5-6-15(14)17/h5-6,9,11-12,18H,4,7-8,10H2,1-3H3. The van der Waals surface area contributed by atoms with E-state index >= 15 is 0 Å². The minimum absolute atomic E-state index is 0.191. The third kappa shape index (κ3) is 6.62. The highest BCUT2D eigenvalue weighted by Crippen LogP contribution is 2.25. The van der Waals surface area contributed by atoms with Crippen LogP contribution in [-0.4, -0.2) is 19.8 Å². The molecule has 0 bridgehead atoms. The number of ether oxygens (including phenoxy) is 1. The lowest BCUT2D eigenvalue weighted by Crippen LogP contribution is -2.21. The molecule has 1 aromatic carbocycles. The summed E-state index contributed by atoms with van der Waals surface area (Å²) in [6.45, 7) is 8.93. The Morgan fingerprint density at radius 3 is 2.63 bits per heavy atom. The molecule has 0 aliphatic heterocycles. The molecule has 0 radical (unpaired) electrons. The molecule has 0 heterocycles. The lowest BCUT2D eigenvalue weighted by Gasteiger charge is -2.16. The topological polar surface area (TPSA) is 21.3 Å². The van der Waals surface area contributed by atoms with E-state index in [4.69, 9.17) is 27.9 Å². The Kier molecular flexibility index (Phi) is 7.77. The first kappa shape index (κ1) is 16.8. The van der Waals surface area contributed by atoms with E-state index in [9.17, 15) is 0 Å². The van der Waals surface area contributed by atoms with Gasteiger partial charge in [-0.1, -0.05) is 37.0 Å². The molecule has 1 aromatic rings. The maximum absolute atomic E-state index is 6.17. The van der Waals surface area contributed by atoms with Gasteiger partial charge in [-0.3, -0.25) is 0 Å². The quantitative estimate of drug-likeness (QED) is 0.702. The van der Waals surface area contributed by atoms with Gasteiger partial charge >= 0.3 is 0 Å². The Morgan fingerprint density at radius 1 is 1.21 bits per heavy atom. The van der Waals surface area contributed by atoms with Crippen molar-refractivity contribution in [3.8, 4) is 0 Å². The Labute approximate surface area is 126 Å². The Hall–Kier alpha value is -0.280. The lowest BCUT2D eigenvalue weighted by molar-refractivity contribution is 0.107.